The van der Waals surface area contributed by atoms with Crippen molar-refractivity contribution in [2.24, 2.45) is 0 Å². The molecule has 0 saturated carbocycles. The third-order valence-corrected chi connectivity index (χ3v) is 2.23. The van der Waals surface area contributed by atoms with Crippen LogP contribution in [0.1, 0.15) is 30.9 Å². The van der Waals surface area contributed by atoms with Crippen LogP contribution in [-0.2, 0) is 16.0 Å². The lowest BCUT2D eigenvalue weighted by Gasteiger charge is -2.06. The molecule has 0 heterocycles. The van der Waals surface area contributed by atoms with E-state index in [0.29, 0.717) is 0 Å². The SMILES string of the molecule is CCOC(=O)CCc1cc(C(F)F)ccc1F. The Morgan fingerprint density at radius 1 is 1.41 bits per heavy atom. The minimum atomic E-state index is -2.64. The minimum absolute atomic E-state index is 0.0164. The van der Waals surface area contributed by atoms with E-state index in [9.17, 15) is 18.0 Å². The highest BCUT2D eigenvalue weighted by Gasteiger charge is 2.12. The Morgan fingerprint density at radius 2 is 2.12 bits per heavy atom. The Bertz CT molecular complexity index is 391. The second-order valence-corrected chi connectivity index (χ2v) is 3.46. The third kappa shape index (κ3) is 4.09. The van der Waals surface area contributed by atoms with Crippen LogP contribution < -0.4 is 0 Å². The summed E-state index contributed by atoms with van der Waals surface area (Å²) in [6.07, 6.45) is -2.60. The van der Waals surface area contributed by atoms with Crippen LogP contribution in [0.5, 0.6) is 0 Å². The Hall–Kier alpha value is -1.52. The van der Waals surface area contributed by atoms with E-state index < -0.39 is 18.2 Å². The molecule has 0 amide bonds. The predicted molar refractivity (Wildman–Crippen MR) is 56.3 cm³/mol. The number of carbonyl (C=O) groups excluding carboxylic acids is 1. The van der Waals surface area contributed by atoms with Crippen LogP contribution in [0.4, 0.5) is 13.2 Å². The summed E-state index contributed by atoms with van der Waals surface area (Å²) < 4.78 is 42.7. The van der Waals surface area contributed by atoms with Gasteiger partial charge in [-0.1, -0.05) is 6.07 Å². The molecule has 0 fully saturated rings. The highest BCUT2D eigenvalue weighted by Crippen LogP contribution is 2.22. The van der Waals surface area contributed by atoms with Crippen molar-refractivity contribution in [1.82, 2.24) is 0 Å². The van der Waals surface area contributed by atoms with Gasteiger partial charge in [-0.25, -0.2) is 13.2 Å². The highest BCUT2D eigenvalue weighted by molar-refractivity contribution is 5.69. The van der Waals surface area contributed by atoms with Crippen LogP contribution in [0.2, 0.25) is 0 Å². The van der Waals surface area contributed by atoms with Gasteiger partial charge in [-0.15, -0.1) is 0 Å². The number of rotatable bonds is 5. The number of ether oxygens (including phenoxy) is 1. The molecule has 1 aromatic rings. The fourth-order valence-electron chi connectivity index (χ4n) is 1.39. The van der Waals surface area contributed by atoms with Crippen LogP contribution in [0, 0.1) is 5.82 Å². The molecule has 17 heavy (non-hydrogen) atoms. The van der Waals surface area contributed by atoms with Crippen molar-refractivity contribution in [3.8, 4) is 0 Å². The Kier molecular flexibility index (Phi) is 5.00. The van der Waals surface area contributed by atoms with Crippen molar-refractivity contribution in [2.45, 2.75) is 26.2 Å². The average molecular weight is 246 g/mol. The molecular formula is C12H13F3O2. The zero-order valence-corrected chi connectivity index (χ0v) is 9.38. The number of halogens is 3. The van der Waals surface area contributed by atoms with Crippen molar-refractivity contribution >= 4 is 5.97 Å². The summed E-state index contributed by atoms with van der Waals surface area (Å²) in [4.78, 5) is 11.1. The molecule has 0 radical (unpaired) electrons. The van der Waals surface area contributed by atoms with Crippen molar-refractivity contribution in [3.05, 3.63) is 35.1 Å². The van der Waals surface area contributed by atoms with Crippen LogP contribution in [0.25, 0.3) is 0 Å². The van der Waals surface area contributed by atoms with Gasteiger partial charge in [-0.3, -0.25) is 4.79 Å². The second kappa shape index (κ2) is 6.27. The van der Waals surface area contributed by atoms with Gasteiger partial charge < -0.3 is 4.74 Å². The van der Waals surface area contributed by atoms with Crippen molar-refractivity contribution in [2.75, 3.05) is 6.61 Å². The van der Waals surface area contributed by atoms with Crippen LogP contribution >= 0.6 is 0 Å². The molecule has 0 aliphatic rings. The number of esters is 1. The smallest absolute Gasteiger partial charge is 0.306 e. The maximum absolute atomic E-state index is 13.3. The maximum atomic E-state index is 13.3. The summed E-state index contributed by atoms with van der Waals surface area (Å²) >= 11 is 0. The number of alkyl halides is 2. The van der Waals surface area contributed by atoms with Gasteiger partial charge in [0.05, 0.1) is 6.61 Å². The van der Waals surface area contributed by atoms with Gasteiger partial charge in [0, 0.05) is 12.0 Å². The summed E-state index contributed by atoms with van der Waals surface area (Å²) in [5.74, 6) is -1.05. The fraction of sp³-hybridized carbons (Fsp3) is 0.417. The molecule has 1 rings (SSSR count). The molecule has 5 heteroatoms. The molecule has 0 spiro atoms. The Balaban J connectivity index is 2.69. The average Bonchev–Trinajstić information content (AvgIpc) is 2.28. The number of hydrogen-bond acceptors (Lipinski definition) is 2. The van der Waals surface area contributed by atoms with Crippen molar-refractivity contribution < 1.29 is 22.7 Å². The molecule has 0 aromatic heterocycles. The van der Waals surface area contributed by atoms with E-state index in [4.69, 9.17) is 0 Å². The third-order valence-electron chi connectivity index (χ3n) is 2.23. The summed E-state index contributed by atoms with van der Waals surface area (Å²) in [5.41, 5.74) is -0.138. The number of benzene rings is 1. The summed E-state index contributed by atoms with van der Waals surface area (Å²) in [6.45, 7) is 1.91. The minimum Gasteiger partial charge on any atom is -0.466 e. The van der Waals surface area contributed by atoms with Gasteiger partial charge >= 0.3 is 5.97 Å². The van der Waals surface area contributed by atoms with E-state index in [0.717, 1.165) is 18.2 Å². The van der Waals surface area contributed by atoms with Crippen molar-refractivity contribution in [3.63, 3.8) is 0 Å². The summed E-state index contributed by atoms with van der Waals surface area (Å²) in [6, 6.07) is 3.11. The Labute approximate surface area is 97.4 Å². The molecule has 2 nitrogen and oxygen atoms in total. The van der Waals surface area contributed by atoms with Gasteiger partial charge in [-0.05, 0) is 31.0 Å². The maximum Gasteiger partial charge on any atom is 0.306 e. The molecule has 0 unspecified atom stereocenters. The first-order valence-electron chi connectivity index (χ1n) is 5.26. The molecule has 0 saturated heterocycles. The quantitative estimate of drug-likeness (QED) is 0.745. The van der Waals surface area contributed by atoms with E-state index in [1.807, 2.05) is 0 Å². The van der Waals surface area contributed by atoms with Gasteiger partial charge in [0.2, 0.25) is 0 Å². The molecule has 0 bridgehead atoms. The predicted octanol–water partition coefficient (Wildman–Crippen LogP) is 3.26. The number of carbonyl (C=O) groups is 1. The van der Waals surface area contributed by atoms with E-state index >= 15 is 0 Å². The van der Waals surface area contributed by atoms with Gasteiger partial charge in [0.15, 0.2) is 0 Å². The number of aryl methyl sites for hydroxylation is 1. The van der Waals surface area contributed by atoms with Gasteiger partial charge in [0.1, 0.15) is 5.82 Å². The van der Waals surface area contributed by atoms with Crippen LogP contribution in [-0.4, -0.2) is 12.6 Å². The zero-order valence-electron chi connectivity index (χ0n) is 9.38. The molecule has 0 N–H and O–H groups in total. The Morgan fingerprint density at radius 3 is 2.71 bits per heavy atom. The normalized spacial score (nSPS) is 10.6. The lowest BCUT2D eigenvalue weighted by atomic mass is 10.1. The van der Waals surface area contributed by atoms with Crippen molar-refractivity contribution in [1.29, 1.82) is 0 Å². The van der Waals surface area contributed by atoms with E-state index in [2.05, 4.69) is 4.74 Å². The largest absolute Gasteiger partial charge is 0.466 e. The molecule has 0 aliphatic heterocycles. The molecule has 0 atom stereocenters. The van der Waals surface area contributed by atoms with Gasteiger partial charge in [-0.2, -0.15) is 0 Å². The number of hydrogen-bond donors (Lipinski definition) is 0. The van der Waals surface area contributed by atoms with E-state index in [1.165, 1.54) is 0 Å². The van der Waals surface area contributed by atoms with Gasteiger partial charge in [0.25, 0.3) is 6.43 Å². The molecule has 1 aromatic carbocycles. The lowest BCUT2D eigenvalue weighted by Crippen LogP contribution is -2.06. The topological polar surface area (TPSA) is 26.3 Å². The lowest BCUT2D eigenvalue weighted by molar-refractivity contribution is -0.143. The fourth-order valence-corrected chi connectivity index (χ4v) is 1.39. The first-order valence-corrected chi connectivity index (χ1v) is 5.26. The summed E-state index contributed by atoms with van der Waals surface area (Å²) in [7, 11) is 0. The summed E-state index contributed by atoms with van der Waals surface area (Å²) in [5, 5.41) is 0. The molecule has 94 valence electrons. The standard InChI is InChI=1S/C12H13F3O2/c1-2-17-11(16)6-4-8-7-9(12(14)15)3-5-10(8)13/h3,5,7,12H,2,4,6H2,1H3. The highest BCUT2D eigenvalue weighted by atomic mass is 19.3. The molecular weight excluding hydrogens is 233 g/mol. The monoisotopic (exact) mass is 246 g/mol. The molecule has 0 aliphatic carbocycles. The first-order chi connectivity index (χ1) is 8.04. The first kappa shape index (κ1) is 13.5. The van der Waals surface area contributed by atoms with Crippen LogP contribution in [0.3, 0.4) is 0 Å². The van der Waals surface area contributed by atoms with E-state index in [-0.39, 0.29) is 30.6 Å². The van der Waals surface area contributed by atoms with Crippen LogP contribution in [0.15, 0.2) is 18.2 Å². The van der Waals surface area contributed by atoms with E-state index in [1.54, 1.807) is 6.92 Å². The second-order valence-electron chi connectivity index (χ2n) is 3.46. The zero-order chi connectivity index (χ0) is 12.8.